The summed E-state index contributed by atoms with van der Waals surface area (Å²) < 4.78 is 0. The molecule has 1 amide bonds. The maximum atomic E-state index is 12.0. The Kier molecular flexibility index (Phi) is 4.27. The summed E-state index contributed by atoms with van der Waals surface area (Å²) >= 11 is 0. The van der Waals surface area contributed by atoms with Gasteiger partial charge in [0, 0.05) is 6.54 Å². The second-order valence-corrected chi connectivity index (χ2v) is 4.44. The zero-order chi connectivity index (χ0) is 11.4. The summed E-state index contributed by atoms with van der Waals surface area (Å²) in [5.74, 6) is 0.594. The summed E-state index contributed by atoms with van der Waals surface area (Å²) in [6.45, 7) is 4.60. The molecule has 1 aliphatic rings. The van der Waals surface area contributed by atoms with Crippen LogP contribution in [0.5, 0.6) is 0 Å². The minimum atomic E-state index is -0.116. The molecule has 2 unspecified atom stereocenters. The van der Waals surface area contributed by atoms with E-state index in [0.717, 1.165) is 12.8 Å². The van der Waals surface area contributed by atoms with Crippen molar-refractivity contribution in [3.8, 4) is 0 Å². The van der Waals surface area contributed by atoms with Gasteiger partial charge in [-0.25, -0.2) is 0 Å². The lowest BCUT2D eigenvalue weighted by atomic mass is 10.0. The highest BCUT2D eigenvalue weighted by Gasteiger charge is 2.28. The zero-order valence-electron chi connectivity index (χ0n) is 9.75. The predicted molar refractivity (Wildman–Crippen MR) is 58.5 cm³/mol. The van der Waals surface area contributed by atoms with Crippen LogP contribution in [0.3, 0.4) is 0 Å². The van der Waals surface area contributed by atoms with Crippen LogP contribution < -0.4 is 5.32 Å². The smallest absolute Gasteiger partial charge is 0.240 e. The van der Waals surface area contributed by atoms with E-state index in [9.17, 15) is 9.59 Å². The molecule has 2 atom stereocenters. The number of nitrogens with zero attached hydrogens (tertiary/aromatic N) is 1. The molecule has 0 spiro atoms. The molecule has 1 aliphatic heterocycles. The molecule has 0 aromatic heterocycles. The summed E-state index contributed by atoms with van der Waals surface area (Å²) in [7, 11) is 1.80. The average Bonchev–Trinajstić information content (AvgIpc) is 2.27. The van der Waals surface area contributed by atoms with Gasteiger partial charge in [-0.2, -0.15) is 0 Å². The van der Waals surface area contributed by atoms with Gasteiger partial charge in [-0.3, -0.25) is 9.59 Å². The zero-order valence-corrected chi connectivity index (χ0v) is 9.75. The van der Waals surface area contributed by atoms with Crippen LogP contribution in [-0.2, 0) is 9.59 Å². The molecule has 1 rings (SSSR count). The van der Waals surface area contributed by atoms with Gasteiger partial charge in [0.1, 0.15) is 5.78 Å². The Morgan fingerprint density at radius 3 is 2.73 bits per heavy atom. The third-order valence-corrected chi connectivity index (χ3v) is 2.85. The first-order chi connectivity index (χ1) is 7.04. The maximum absolute atomic E-state index is 12.0. The number of amides is 1. The third-order valence-electron chi connectivity index (χ3n) is 2.85. The van der Waals surface area contributed by atoms with Crippen LogP contribution in [0.4, 0.5) is 0 Å². The van der Waals surface area contributed by atoms with Gasteiger partial charge in [0.25, 0.3) is 0 Å². The van der Waals surface area contributed by atoms with Crippen molar-refractivity contribution < 1.29 is 9.59 Å². The van der Waals surface area contributed by atoms with Gasteiger partial charge in [-0.05, 0) is 32.7 Å². The Morgan fingerprint density at radius 2 is 2.20 bits per heavy atom. The quantitative estimate of drug-likeness (QED) is 0.737. The van der Waals surface area contributed by atoms with Crippen LogP contribution in [0.15, 0.2) is 0 Å². The van der Waals surface area contributed by atoms with Crippen molar-refractivity contribution in [1.82, 2.24) is 10.2 Å². The van der Waals surface area contributed by atoms with Crippen molar-refractivity contribution in [2.75, 3.05) is 20.1 Å². The third kappa shape index (κ3) is 3.30. The Labute approximate surface area is 91.0 Å². The van der Waals surface area contributed by atoms with Gasteiger partial charge in [0.05, 0.1) is 12.6 Å². The van der Waals surface area contributed by atoms with E-state index in [1.54, 1.807) is 11.9 Å². The SMILES string of the molecule is CNC1CCC(C)CN(CC(C)=O)C1=O. The number of likely N-dealkylation sites (N-methyl/N-ethyl adjacent to an activating group) is 1. The lowest BCUT2D eigenvalue weighted by molar-refractivity contribution is -0.136. The number of likely N-dealkylation sites (tertiary alicyclic amines) is 1. The van der Waals surface area contributed by atoms with Gasteiger partial charge >= 0.3 is 0 Å². The van der Waals surface area contributed by atoms with Crippen LogP contribution in [-0.4, -0.2) is 42.8 Å². The molecule has 4 nitrogen and oxygen atoms in total. The number of carbonyl (C=O) groups excluding carboxylic acids is 2. The minimum absolute atomic E-state index is 0.0484. The van der Waals surface area contributed by atoms with E-state index < -0.39 is 0 Å². The number of carbonyl (C=O) groups is 2. The topological polar surface area (TPSA) is 49.4 Å². The normalized spacial score (nSPS) is 27.7. The first kappa shape index (κ1) is 12.2. The van der Waals surface area contributed by atoms with Crippen molar-refractivity contribution in [2.45, 2.75) is 32.7 Å². The fraction of sp³-hybridized carbons (Fsp3) is 0.818. The monoisotopic (exact) mass is 212 g/mol. The number of Topliss-reactive ketones (excluding diaryl/α,β-unsaturated/α-hetero) is 1. The number of nitrogens with one attached hydrogen (secondary N) is 1. The molecule has 1 fully saturated rings. The second-order valence-electron chi connectivity index (χ2n) is 4.44. The van der Waals surface area contributed by atoms with E-state index in [2.05, 4.69) is 12.2 Å². The molecule has 0 radical (unpaired) electrons. The van der Waals surface area contributed by atoms with Gasteiger partial charge in [-0.15, -0.1) is 0 Å². The van der Waals surface area contributed by atoms with Gasteiger partial charge in [0.2, 0.25) is 5.91 Å². The summed E-state index contributed by atoms with van der Waals surface area (Å²) in [6, 6.07) is -0.116. The van der Waals surface area contributed by atoms with Gasteiger partial charge in [0.15, 0.2) is 0 Å². The van der Waals surface area contributed by atoms with Crippen molar-refractivity contribution in [3.63, 3.8) is 0 Å². The number of rotatable bonds is 3. The molecule has 15 heavy (non-hydrogen) atoms. The van der Waals surface area contributed by atoms with E-state index >= 15 is 0 Å². The lowest BCUT2D eigenvalue weighted by Crippen LogP contribution is -2.45. The standard InChI is InChI=1S/C11H20N2O2/c1-8-4-5-10(12-3)11(15)13(6-8)7-9(2)14/h8,10,12H,4-7H2,1-3H3. The number of hydrogen-bond acceptors (Lipinski definition) is 3. The summed E-state index contributed by atoms with van der Waals surface area (Å²) in [4.78, 5) is 24.7. The molecule has 1 saturated heterocycles. The first-order valence-electron chi connectivity index (χ1n) is 5.50. The van der Waals surface area contributed by atoms with Crippen LogP contribution >= 0.6 is 0 Å². The van der Waals surface area contributed by atoms with Crippen molar-refractivity contribution in [1.29, 1.82) is 0 Å². The molecular formula is C11H20N2O2. The van der Waals surface area contributed by atoms with E-state index in [0.29, 0.717) is 12.5 Å². The highest BCUT2D eigenvalue weighted by atomic mass is 16.2. The largest absolute Gasteiger partial charge is 0.334 e. The van der Waals surface area contributed by atoms with E-state index in [-0.39, 0.29) is 24.3 Å². The van der Waals surface area contributed by atoms with Crippen molar-refractivity contribution in [3.05, 3.63) is 0 Å². The Hall–Kier alpha value is -0.900. The number of ketones is 1. The van der Waals surface area contributed by atoms with E-state index in [1.165, 1.54) is 6.92 Å². The second kappa shape index (κ2) is 5.26. The molecule has 1 N–H and O–H groups in total. The van der Waals surface area contributed by atoms with Crippen LogP contribution in [0.2, 0.25) is 0 Å². The molecule has 0 aromatic rings. The minimum Gasteiger partial charge on any atom is -0.334 e. The Morgan fingerprint density at radius 1 is 1.53 bits per heavy atom. The van der Waals surface area contributed by atoms with E-state index in [1.807, 2.05) is 0 Å². The maximum Gasteiger partial charge on any atom is 0.240 e. The Balaban J connectivity index is 2.72. The lowest BCUT2D eigenvalue weighted by Gasteiger charge is -2.24. The highest BCUT2D eigenvalue weighted by molar-refractivity contribution is 5.87. The molecule has 1 heterocycles. The molecule has 4 heteroatoms. The fourth-order valence-electron chi connectivity index (χ4n) is 2.03. The van der Waals surface area contributed by atoms with Crippen molar-refractivity contribution >= 4 is 11.7 Å². The van der Waals surface area contributed by atoms with Crippen LogP contribution in [0.1, 0.15) is 26.7 Å². The summed E-state index contributed by atoms with van der Waals surface area (Å²) in [5.41, 5.74) is 0. The van der Waals surface area contributed by atoms with Crippen LogP contribution in [0, 0.1) is 5.92 Å². The number of hydrogen-bond donors (Lipinski definition) is 1. The molecule has 86 valence electrons. The van der Waals surface area contributed by atoms with E-state index in [4.69, 9.17) is 0 Å². The highest BCUT2D eigenvalue weighted by Crippen LogP contribution is 2.16. The van der Waals surface area contributed by atoms with Gasteiger partial charge in [-0.1, -0.05) is 6.92 Å². The summed E-state index contributed by atoms with van der Waals surface area (Å²) in [6.07, 6.45) is 1.90. The first-order valence-corrected chi connectivity index (χ1v) is 5.50. The summed E-state index contributed by atoms with van der Waals surface area (Å²) in [5, 5.41) is 3.01. The fourth-order valence-corrected chi connectivity index (χ4v) is 2.03. The molecular weight excluding hydrogens is 192 g/mol. The predicted octanol–water partition coefficient (Wildman–Crippen LogP) is 0.422. The molecule has 0 aliphatic carbocycles. The molecule has 0 aromatic carbocycles. The average molecular weight is 212 g/mol. The van der Waals surface area contributed by atoms with Crippen LogP contribution in [0.25, 0.3) is 0 Å². The molecule has 0 saturated carbocycles. The molecule has 0 bridgehead atoms. The van der Waals surface area contributed by atoms with Gasteiger partial charge < -0.3 is 10.2 Å². The Bertz CT molecular complexity index is 253. The van der Waals surface area contributed by atoms with Crippen molar-refractivity contribution in [2.24, 2.45) is 5.92 Å².